The topological polar surface area (TPSA) is 130 Å². The van der Waals surface area contributed by atoms with Crippen LogP contribution < -0.4 is 20.5 Å². The minimum Gasteiger partial charge on any atom is -0.497 e. The summed E-state index contributed by atoms with van der Waals surface area (Å²) in [5.74, 6) is 1.11. The first-order valence-electron chi connectivity index (χ1n) is 15.6. The van der Waals surface area contributed by atoms with Crippen molar-refractivity contribution in [3.63, 3.8) is 0 Å². The van der Waals surface area contributed by atoms with Crippen molar-refractivity contribution in [1.29, 1.82) is 0 Å². The number of thiophene rings is 1. The summed E-state index contributed by atoms with van der Waals surface area (Å²) in [5.41, 5.74) is 0.645. The number of amides is 1. The van der Waals surface area contributed by atoms with Crippen LogP contribution >= 0.6 is 11.3 Å². The number of nitrogens with one attached hydrogen (secondary N) is 1. The highest BCUT2D eigenvalue weighted by molar-refractivity contribution is 7.09. The average molecular weight is 684 g/mol. The molecule has 1 amide bonds. The van der Waals surface area contributed by atoms with Gasteiger partial charge in [0.15, 0.2) is 6.23 Å². The smallest absolute Gasteiger partial charge is 0.351 e. The SMILES string of the molecule is COc1ccc(C(OC[C@H]2O[C@@H](n3ccc(NC(C)=O)nc3=O)[C@H](O)[C@@H]2OCc2cccs2)(c2ccccc2)c2ccc(OC)cc2)cc1. The standard InChI is InChI=1S/C37H37N3O8S/c1-24(41)38-32-19-20-40(36(43)39-32)35-33(42)34(46-22-30-10-7-21-49-30)31(48-35)23-47-37(25-8-5-4-6-9-25,26-11-15-28(44-2)16-12-26)27-13-17-29(45-3)18-14-27/h4-21,31,33-35,42H,22-23H2,1-3H3,(H,38,39,41,43)/t31-,33-,34-,35-/m1/s1. The first-order chi connectivity index (χ1) is 23.8. The third kappa shape index (κ3) is 7.28. The summed E-state index contributed by atoms with van der Waals surface area (Å²) < 4.78 is 31.9. The molecule has 0 bridgehead atoms. The van der Waals surface area contributed by atoms with Gasteiger partial charge < -0.3 is 34.1 Å². The van der Waals surface area contributed by atoms with Crippen molar-refractivity contribution in [2.24, 2.45) is 0 Å². The number of ether oxygens (including phenoxy) is 5. The van der Waals surface area contributed by atoms with Crippen molar-refractivity contribution >= 4 is 23.1 Å². The molecule has 2 N–H and O–H groups in total. The number of rotatable bonds is 13. The third-order valence-electron chi connectivity index (χ3n) is 8.35. The average Bonchev–Trinajstić information content (AvgIpc) is 3.76. The van der Waals surface area contributed by atoms with E-state index in [0.717, 1.165) is 21.6 Å². The van der Waals surface area contributed by atoms with Gasteiger partial charge in [-0.15, -0.1) is 11.3 Å². The lowest BCUT2D eigenvalue weighted by Crippen LogP contribution is -2.41. The number of benzene rings is 3. The Labute approximate surface area is 287 Å². The fourth-order valence-corrected chi connectivity index (χ4v) is 6.63. The molecule has 3 aromatic carbocycles. The van der Waals surface area contributed by atoms with Crippen LogP contribution in [0.4, 0.5) is 5.82 Å². The van der Waals surface area contributed by atoms with E-state index in [0.29, 0.717) is 11.5 Å². The van der Waals surface area contributed by atoms with Crippen LogP contribution in [0.2, 0.25) is 0 Å². The molecular weight excluding hydrogens is 646 g/mol. The van der Waals surface area contributed by atoms with E-state index < -0.39 is 35.8 Å². The molecular formula is C37H37N3O8S. The molecule has 0 spiro atoms. The number of hydrogen-bond acceptors (Lipinski definition) is 10. The van der Waals surface area contributed by atoms with E-state index in [1.165, 1.54) is 35.1 Å². The summed E-state index contributed by atoms with van der Waals surface area (Å²) in [4.78, 5) is 29.6. The number of aromatic nitrogens is 2. The molecule has 0 saturated carbocycles. The molecule has 1 aliphatic heterocycles. The van der Waals surface area contributed by atoms with Gasteiger partial charge in [-0.05, 0) is 58.5 Å². The highest BCUT2D eigenvalue weighted by Crippen LogP contribution is 2.43. The summed E-state index contributed by atoms with van der Waals surface area (Å²) in [6, 6.07) is 30.5. The predicted octanol–water partition coefficient (Wildman–Crippen LogP) is 5.13. The largest absolute Gasteiger partial charge is 0.497 e. The van der Waals surface area contributed by atoms with Gasteiger partial charge in [0.1, 0.15) is 41.2 Å². The number of methoxy groups -OCH3 is 2. The fourth-order valence-electron chi connectivity index (χ4n) is 6.00. The summed E-state index contributed by atoms with van der Waals surface area (Å²) in [5, 5.41) is 16.1. The minimum atomic E-state index is -1.26. The molecule has 6 rings (SSSR count). The molecule has 0 unspecified atom stereocenters. The molecule has 49 heavy (non-hydrogen) atoms. The second-order valence-corrected chi connectivity index (χ2v) is 12.4. The lowest BCUT2D eigenvalue weighted by Gasteiger charge is -2.37. The summed E-state index contributed by atoms with van der Waals surface area (Å²) >= 11 is 1.53. The monoisotopic (exact) mass is 683 g/mol. The van der Waals surface area contributed by atoms with Crippen LogP contribution in [0.1, 0.15) is 34.7 Å². The molecule has 5 aromatic rings. The van der Waals surface area contributed by atoms with Crippen LogP contribution in [0.25, 0.3) is 0 Å². The number of nitrogens with zero attached hydrogens (tertiary/aromatic N) is 2. The van der Waals surface area contributed by atoms with Crippen molar-refractivity contribution in [2.45, 2.75) is 43.7 Å². The van der Waals surface area contributed by atoms with Crippen LogP contribution in [0.3, 0.4) is 0 Å². The predicted molar refractivity (Wildman–Crippen MR) is 184 cm³/mol. The minimum absolute atomic E-state index is 0.0399. The van der Waals surface area contributed by atoms with Gasteiger partial charge in [-0.2, -0.15) is 4.98 Å². The van der Waals surface area contributed by atoms with E-state index in [1.54, 1.807) is 14.2 Å². The zero-order chi connectivity index (χ0) is 34.4. The van der Waals surface area contributed by atoms with E-state index in [1.807, 2.05) is 96.4 Å². The van der Waals surface area contributed by atoms with Gasteiger partial charge in [0, 0.05) is 18.0 Å². The van der Waals surface area contributed by atoms with Gasteiger partial charge in [0.2, 0.25) is 5.91 Å². The van der Waals surface area contributed by atoms with Gasteiger partial charge in [0.05, 0.1) is 27.4 Å². The van der Waals surface area contributed by atoms with Gasteiger partial charge >= 0.3 is 5.69 Å². The van der Waals surface area contributed by atoms with Crippen molar-refractivity contribution in [3.8, 4) is 11.5 Å². The molecule has 1 aliphatic rings. The molecule has 0 aliphatic carbocycles. The van der Waals surface area contributed by atoms with Gasteiger partial charge in [-0.3, -0.25) is 9.36 Å². The fraction of sp³-hybridized carbons (Fsp3) is 0.270. The van der Waals surface area contributed by atoms with Crippen molar-refractivity contribution in [3.05, 3.63) is 141 Å². The quantitative estimate of drug-likeness (QED) is 0.162. The first-order valence-corrected chi connectivity index (χ1v) is 16.5. The van der Waals surface area contributed by atoms with Crippen LogP contribution in [0, 0.1) is 0 Å². The Hall–Kier alpha value is -4.85. The zero-order valence-electron chi connectivity index (χ0n) is 27.2. The maximum Gasteiger partial charge on any atom is 0.351 e. The van der Waals surface area contributed by atoms with Crippen LogP contribution in [-0.2, 0) is 31.2 Å². The first kappa shape index (κ1) is 34.0. The second kappa shape index (κ2) is 15.1. The van der Waals surface area contributed by atoms with E-state index in [-0.39, 0.29) is 24.9 Å². The Morgan fingerprint density at radius 2 is 1.55 bits per heavy atom. The van der Waals surface area contributed by atoms with Crippen molar-refractivity contribution in [2.75, 3.05) is 26.1 Å². The normalized spacial score (nSPS) is 19.0. The van der Waals surface area contributed by atoms with E-state index in [4.69, 9.17) is 23.7 Å². The summed E-state index contributed by atoms with van der Waals surface area (Å²) in [6.07, 6.45) is -2.67. The molecule has 4 atom stereocenters. The lowest BCUT2D eigenvalue weighted by molar-refractivity contribution is -0.114. The lowest BCUT2D eigenvalue weighted by atomic mass is 9.80. The second-order valence-electron chi connectivity index (χ2n) is 11.4. The molecule has 1 saturated heterocycles. The Morgan fingerprint density at radius 3 is 2.10 bits per heavy atom. The number of carbonyl (C=O) groups excluding carboxylic acids is 1. The number of carbonyl (C=O) groups is 1. The van der Waals surface area contributed by atoms with Gasteiger partial charge in [-0.1, -0.05) is 60.7 Å². The highest BCUT2D eigenvalue weighted by atomic mass is 32.1. The Bertz CT molecular complexity index is 1830. The third-order valence-corrected chi connectivity index (χ3v) is 9.20. The van der Waals surface area contributed by atoms with Crippen molar-refractivity contribution < 1.29 is 33.6 Å². The maximum absolute atomic E-state index is 13.1. The molecule has 0 radical (unpaired) electrons. The highest BCUT2D eigenvalue weighted by Gasteiger charge is 2.48. The number of aliphatic hydroxyl groups excluding tert-OH is 1. The number of anilines is 1. The summed E-state index contributed by atoms with van der Waals surface area (Å²) in [6.45, 7) is 1.51. The molecule has 12 heteroatoms. The Balaban J connectivity index is 1.39. The van der Waals surface area contributed by atoms with E-state index in [9.17, 15) is 14.7 Å². The zero-order valence-corrected chi connectivity index (χ0v) is 28.0. The van der Waals surface area contributed by atoms with Crippen LogP contribution in [0.15, 0.2) is 113 Å². The van der Waals surface area contributed by atoms with E-state index >= 15 is 0 Å². The molecule has 11 nitrogen and oxygen atoms in total. The van der Waals surface area contributed by atoms with Gasteiger partial charge in [0.25, 0.3) is 0 Å². The molecule has 254 valence electrons. The molecule has 3 heterocycles. The Morgan fingerprint density at radius 1 is 0.918 bits per heavy atom. The van der Waals surface area contributed by atoms with E-state index in [2.05, 4.69) is 10.3 Å². The van der Waals surface area contributed by atoms with Gasteiger partial charge in [-0.25, -0.2) is 4.79 Å². The Kier molecular flexibility index (Phi) is 10.5. The number of aliphatic hydroxyl groups is 1. The van der Waals surface area contributed by atoms with Crippen molar-refractivity contribution in [1.82, 2.24) is 9.55 Å². The summed E-state index contributed by atoms with van der Waals surface area (Å²) in [7, 11) is 3.23. The molecule has 1 fully saturated rings. The van der Waals surface area contributed by atoms with Crippen LogP contribution in [-0.4, -0.2) is 59.7 Å². The van der Waals surface area contributed by atoms with Crippen LogP contribution in [0.5, 0.6) is 11.5 Å². The maximum atomic E-state index is 13.1. The molecule has 2 aromatic heterocycles. The number of hydrogen-bond donors (Lipinski definition) is 2.